The van der Waals surface area contributed by atoms with Gasteiger partial charge in [0, 0.05) is 16.6 Å². The molecule has 3 heteroatoms. The Balaban J connectivity index is 2.37. The van der Waals surface area contributed by atoms with E-state index >= 15 is 0 Å². The molecule has 1 rings (SSSR count). The monoisotopic (exact) mass is 277 g/mol. The van der Waals surface area contributed by atoms with Gasteiger partial charge in [-0.15, -0.1) is 0 Å². The minimum Gasteiger partial charge on any atom is -0.493 e. The summed E-state index contributed by atoms with van der Waals surface area (Å²) in [6, 6.07) is 7.84. The Bertz CT molecular complexity index is 434. The maximum Gasteiger partial charge on any atom is 0.120 e. The number of nitrogens with two attached hydrogens (primary N) is 1. The molecular weight excluding hydrogens is 254 g/mol. The molecule has 0 saturated heterocycles. The molecule has 1 unspecified atom stereocenters. The Morgan fingerprint density at radius 3 is 2.79 bits per heavy atom. The third-order valence-corrected chi connectivity index (χ3v) is 4.31. The van der Waals surface area contributed by atoms with Gasteiger partial charge in [-0.2, -0.15) is 11.8 Å². The van der Waals surface area contributed by atoms with Crippen molar-refractivity contribution < 1.29 is 4.74 Å². The number of ether oxygens (including phenoxy) is 1. The lowest BCUT2D eigenvalue weighted by atomic mass is 10.2. The zero-order chi connectivity index (χ0) is 14.1. The topological polar surface area (TPSA) is 35.2 Å². The van der Waals surface area contributed by atoms with Gasteiger partial charge in [0.2, 0.25) is 0 Å². The number of hydrogen-bond acceptors (Lipinski definition) is 3. The standard InChI is InChI=1S/C16H23NOS/c1-13(2)14(3)19-11-10-18-16-8-4-6-15(12-16)7-5-9-17/h4,6,8,12-14H,9-11,17H2,1-3H3. The van der Waals surface area contributed by atoms with Gasteiger partial charge in [-0.25, -0.2) is 0 Å². The predicted molar refractivity (Wildman–Crippen MR) is 84.6 cm³/mol. The second-order valence-electron chi connectivity index (χ2n) is 4.70. The molecule has 104 valence electrons. The van der Waals surface area contributed by atoms with Gasteiger partial charge in [0.1, 0.15) is 5.75 Å². The van der Waals surface area contributed by atoms with Crippen molar-refractivity contribution in [2.24, 2.45) is 11.7 Å². The van der Waals surface area contributed by atoms with Crippen LogP contribution < -0.4 is 10.5 Å². The average molecular weight is 277 g/mol. The molecule has 1 aromatic carbocycles. The Hall–Kier alpha value is -1.11. The van der Waals surface area contributed by atoms with E-state index in [0.717, 1.165) is 23.7 Å². The number of rotatable bonds is 6. The highest BCUT2D eigenvalue weighted by Gasteiger charge is 2.06. The number of hydrogen-bond donors (Lipinski definition) is 1. The van der Waals surface area contributed by atoms with E-state index in [2.05, 4.69) is 32.6 Å². The first-order valence-electron chi connectivity index (χ1n) is 6.67. The molecule has 0 aliphatic heterocycles. The van der Waals surface area contributed by atoms with Crippen LogP contribution in [0.1, 0.15) is 26.3 Å². The Kier molecular flexibility index (Phi) is 7.47. The van der Waals surface area contributed by atoms with E-state index in [0.29, 0.717) is 17.7 Å². The second-order valence-corrected chi connectivity index (χ2v) is 6.19. The summed E-state index contributed by atoms with van der Waals surface area (Å²) in [6.07, 6.45) is 0. The molecule has 0 amide bonds. The summed E-state index contributed by atoms with van der Waals surface area (Å²) in [4.78, 5) is 0. The third-order valence-electron chi connectivity index (χ3n) is 2.84. The molecule has 0 spiro atoms. The summed E-state index contributed by atoms with van der Waals surface area (Å²) in [7, 11) is 0. The fraction of sp³-hybridized carbons (Fsp3) is 0.500. The van der Waals surface area contributed by atoms with Gasteiger partial charge < -0.3 is 10.5 Å². The van der Waals surface area contributed by atoms with Crippen LogP contribution in [0.2, 0.25) is 0 Å². The zero-order valence-corrected chi connectivity index (χ0v) is 12.8. The second kappa shape index (κ2) is 8.90. The van der Waals surface area contributed by atoms with Crippen molar-refractivity contribution in [1.29, 1.82) is 0 Å². The molecule has 0 aliphatic rings. The van der Waals surface area contributed by atoms with Crippen molar-refractivity contribution in [1.82, 2.24) is 0 Å². The Morgan fingerprint density at radius 2 is 2.11 bits per heavy atom. The number of thioether (sulfide) groups is 1. The highest BCUT2D eigenvalue weighted by Crippen LogP contribution is 2.19. The van der Waals surface area contributed by atoms with Crippen LogP contribution in [0, 0.1) is 17.8 Å². The van der Waals surface area contributed by atoms with Gasteiger partial charge in [-0.05, 0) is 24.1 Å². The van der Waals surface area contributed by atoms with Crippen molar-refractivity contribution in [3.05, 3.63) is 29.8 Å². The van der Waals surface area contributed by atoms with Crippen LogP contribution in [0.5, 0.6) is 5.75 Å². The minimum atomic E-state index is 0.384. The molecule has 2 N–H and O–H groups in total. The van der Waals surface area contributed by atoms with Crippen LogP contribution in [-0.2, 0) is 0 Å². The van der Waals surface area contributed by atoms with Gasteiger partial charge in [0.05, 0.1) is 13.2 Å². The van der Waals surface area contributed by atoms with E-state index in [9.17, 15) is 0 Å². The van der Waals surface area contributed by atoms with Crippen LogP contribution in [0.25, 0.3) is 0 Å². The maximum absolute atomic E-state index is 5.74. The van der Waals surface area contributed by atoms with Gasteiger partial charge >= 0.3 is 0 Å². The molecule has 0 radical (unpaired) electrons. The highest BCUT2D eigenvalue weighted by atomic mass is 32.2. The maximum atomic E-state index is 5.74. The Labute approximate surface area is 121 Å². The minimum absolute atomic E-state index is 0.384. The molecule has 0 fully saturated rings. The normalized spacial score (nSPS) is 11.8. The van der Waals surface area contributed by atoms with E-state index < -0.39 is 0 Å². The summed E-state index contributed by atoms with van der Waals surface area (Å²) < 4.78 is 5.74. The average Bonchev–Trinajstić information content (AvgIpc) is 2.41. The lowest BCUT2D eigenvalue weighted by Gasteiger charge is -2.15. The summed E-state index contributed by atoms with van der Waals surface area (Å²) in [5, 5.41) is 0.672. The summed E-state index contributed by atoms with van der Waals surface area (Å²) >= 11 is 1.95. The van der Waals surface area contributed by atoms with Crippen molar-refractivity contribution in [2.45, 2.75) is 26.0 Å². The van der Waals surface area contributed by atoms with Gasteiger partial charge in [0.15, 0.2) is 0 Å². The molecule has 0 aliphatic carbocycles. The third kappa shape index (κ3) is 6.56. The smallest absolute Gasteiger partial charge is 0.120 e. The zero-order valence-electron chi connectivity index (χ0n) is 12.0. The first kappa shape index (κ1) is 15.9. The quantitative estimate of drug-likeness (QED) is 0.641. The molecule has 1 atom stereocenters. The summed E-state index contributed by atoms with van der Waals surface area (Å²) in [5.74, 6) is 8.45. The predicted octanol–water partition coefficient (Wildman–Crippen LogP) is 3.15. The molecule has 2 nitrogen and oxygen atoms in total. The molecule has 0 aromatic heterocycles. The lowest BCUT2D eigenvalue weighted by molar-refractivity contribution is 0.343. The lowest BCUT2D eigenvalue weighted by Crippen LogP contribution is -2.09. The van der Waals surface area contributed by atoms with Crippen molar-refractivity contribution in [3.63, 3.8) is 0 Å². The molecular formula is C16H23NOS. The fourth-order valence-corrected chi connectivity index (χ4v) is 2.34. The van der Waals surface area contributed by atoms with E-state index in [1.807, 2.05) is 36.0 Å². The van der Waals surface area contributed by atoms with E-state index in [-0.39, 0.29) is 0 Å². The summed E-state index contributed by atoms with van der Waals surface area (Å²) in [5.41, 5.74) is 6.31. The van der Waals surface area contributed by atoms with E-state index in [1.165, 1.54) is 0 Å². The fourth-order valence-electron chi connectivity index (χ4n) is 1.40. The summed E-state index contributed by atoms with van der Waals surface area (Å²) in [6.45, 7) is 7.87. The van der Waals surface area contributed by atoms with E-state index in [1.54, 1.807) is 0 Å². The largest absolute Gasteiger partial charge is 0.493 e. The van der Waals surface area contributed by atoms with Crippen LogP contribution in [0.3, 0.4) is 0 Å². The SMILES string of the molecule is CC(C)C(C)SCCOc1cccc(C#CCN)c1. The first-order chi connectivity index (χ1) is 9.13. The van der Waals surface area contributed by atoms with Gasteiger partial charge in [0.25, 0.3) is 0 Å². The van der Waals surface area contributed by atoms with Crippen LogP contribution >= 0.6 is 11.8 Å². The molecule has 0 saturated carbocycles. The van der Waals surface area contributed by atoms with Crippen molar-refractivity contribution in [2.75, 3.05) is 18.9 Å². The number of benzene rings is 1. The van der Waals surface area contributed by atoms with Crippen LogP contribution in [-0.4, -0.2) is 24.2 Å². The van der Waals surface area contributed by atoms with Gasteiger partial charge in [-0.1, -0.05) is 38.7 Å². The first-order valence-corrected chi connectivity index (χ1v) is 7.71. The molecule has 1 aromatic rings. The van der Waals surface area contributed by atoms with Crippen LogP contribution in [0.4, 0.5) is 0 Å². The van der Waals surface area contributed by atoms with Crippen LogP contribution in [0.15, 0.2) is 24.3 Å². The van der Waals surface area contributed by atoms with E-state index in [4.69, 9.17) is 10.5 Å². The Morgan fingerprint density at radius 1 is 1.32 bits per heavy atom. The molecule has 19 heavy (non-hydrogen) atoms. The molecule has 0 bridgehead atoms. The van der Waals surface area contributed by atoms with Crippen molar-refractivity contribution >= 4 is 11.8 Å². The molecule has 0 heterocycles. The van der Waals surface area contributed by atoms with Crippen molar-refractivity contribution in [3.8, 4) is 17.6 Å². The van der Waals surface area contributed by atoms with Gasteiger partial charge in [-0.3, -0.25) is 0 Å². The highest BCUT2D eigenvalue weighted by molar-refractivity contribution is 7.99.